The fraction of sp³-hybridized carbons (Fsp3) is 0.636. The van der Waals surface area contributed by atoms with Crippen LogP contribution in [0.1, 0.15) is 25.7 Å². The molecule has 10 heteroatoms. The molecule has 120 valence electrons. The van der Waals surface area contributed by atoms with Gasteiger partial charge in [-0.1, -0.05) is 0 Å². The number of carboxylic acids is 3. The van der Waals surface area contributed by atoms with Gasteiger partial charge in [0.05, 0.1) is 12.8 Å². The predicted molar refractivity (Wildman–Crippen MR) is 67.5 cm³/mol. The van der Waals surface area contributed by atoms with Crippen molar-refractivity contribution in [3.63, 3.8) is 0 Å². The number of primary amides is 1. The first-order valence-electron chi connectivity index (χ1n) is 6.02. The van der Waals surface area contributed by atoms with E-state index in [1.54, 1.807) is 4.90 Å². The molecule has 0 aromatic rings. The number of amides is 2. The summed E-state index contributed by atoms with van der Waals surface area (Å²) >= 11 is 0. The van der Waals surface area contributed by atoms with Crippen molar-refractivity contribution in [2.75, 3.05) is 13.1 Å². The highest BCUT2D eigenvalue weighted by Gasteiger charge is 2.40. The van der Waals surface area contributed by atoms with Gasteiger partial charge >= 0.3 is 23.9 Å². The highest BCUT2D eigenvalue weighted by Crippen LogP contribution is 2.15. The molecule has 1 aliphatic rings. The fourth-order valence-corrected chi connectivity index (χ4v) is 1.65. The summed E-state index contributed by atoms with van der Waals surface area (Å²) < 4.78 is 0. The molecule has 1 rings (SSSR count). The summed E-state index contributed by atoms with van der Waals surface area (Å²) in [5, 5.41) is 33.8. The molecule has 1 heterocycles. The third kappa shape index (κ3) is 7.11. The number of hydrogen-bond donors (Lipinski definition) is 5. The molecule has 0 aromatic carbocycles. The zero-order valence-electron chi connectivity index (χ0n) is 11.2. The molecule has 0 saturated carbocycles. The largest absolute Gasteiger partial charge is 0.481 e. The first-order chi connectivity index (χ1) is 9.58. The minimum atomic E-state index is -2.74. The number of hydrogen-bond acceptors (Lipinski definition) is 5. The van der Waals surface area contributed by atoms with Crippen LogP contribution in [0.15, 0.2) is 0 Å². The molecule has 0 atom stereocenters. The summed E-state index contributed by atoms with van der Waals surface area (Å²) in [5.74, 6) is -5.02. The lowest BCUT2D eigenvalue weighted by atomic mass is 9.96. The van der Waals surface area contributed by atoms with Crippen LogP contribution in [0.25, 0.3) is 0 Å². The molecular weight excluding hydrogens is 288 g/mol. The summed E-state index contributed by atoms with van der Waals surface area (Å²) in [4.78, 5) is 42.5. The van der Waals surface area contributed by atoms with Crippen molar-refractivity contribution in [3.05, 3.63) is 0 Å². The van der Waals surface area contributed by atoms with E-state index < -0.39 is 36.4 Å². The predicted octanol–water partition coefficient (Wildman–Crippen LogP) is -1.09. The Morgan fingerprint density at radius 3 is 1.52 bits per heavy atom. The summed E-state index contributed by atoms with van der Waals surface area (Å²) in [6, 6.07) is -0.275. The smallest absolute Gasteiger partial charge is 0.336 e. The number of carbonyl (C=O) groups is 4. The average molecular weight is 306 g/mol. The van der Waals surface area contributed by atoms with Crippen LogP contribution in [0.3, 0.4) is 0 Å². The zero-order valence-corrected chi connectivity index (χ0v) is 11.2. The molecule has 0 radical (unpaired) electrons. The highest BCUT2D eigenvalue weighted by molar-refractivity contribution is 5.88. The van der Waals surface area contributed by atoms with Crippen molar-refractivity contribution in [2.24, 2.45) is 5.73 Å². The second-order valence-electron chi connectivity index (χ2n) is 4.51. The number of carboxylic acid groups (broad SMARTS) is 3. The van der Waals surface area contributed by atoms with Gasteiger partial charge in [0.2, 0.25) is 0 Å². The van der Waals surface area contributed by atoms with E-state index in [1.807, 2.05) is 0 Å². The Balaban J connectivity index is 0.000000423. The van der Waals surface area contributed by atoms with E-state index in [-0.39, 0.29) is 6.03 Å². The molecule has 1 saturated heterocycles. The number of nitrogens with two attached hydrogens (primary N) is 1. The van der Waals surface area contributed by atoms with Crippen LogP contribution >= 0.6 is 0 Å². The van der Waals surface area contributed by atoms with Crippen molar-refractivity contribution in [3.8, 4) is 0 Å². The Kier molecular flexibility index (Phi) is 7.14. The van der Waals surface area contributed by atoms with E-state index in [1.165, 1.54) is 0 Å². The number of nitrogens with zero attached hydrogens (tertiary/aromatic N) is 1. The van der Waals surface area contributed by atoms with Gasteiger partial charge in [-0.3, -0.25) is 9.59 Å². The van der Waals surface area contributed by atoms with E-state index in [0.29, 0.717) is 0 Å². The fourth-order valence-electron chi connectivity index (χ4n) is 1.65. The van der Waals surface area contributed by atoms with E-state index in [0.717, 1.165) is 25.9 Å². The molecule has 0 bridgehead atoms. The van der Waals surface area contributed by atoms with Gasteiger partial charge in [0.1, 0.15) is 0 Å². The molecule has 0 aromatic heterocycles. The maximum atomic E-state index is 10.3. The van der Waals surface area contributed by atoms with Crippen LogP contribution in [-0.4, -0.2) is 68.0 Å². The Morgan fingerprint density at radius 2 is 1.33 bits per heavy atom. The molecule has 0 spiro atoms. The van der Waals surface area contributed by atoms with Crippen molar-refractivity contribution < 1.29 is 39.6 Å². The van der Waals surface area contributed by atoms with Crippen LogP contribution < -0.4 is 5.73 Å². The number of aliphatic hydroxyl groups is 1. The highest BCUT2D eigenvalue weighted by atomic mass is 16.4. The van der Waals surface area contributed by atoms with Gasteiger partial charge in [-0.25, -0.2) is 9.59 Å². The first kappa shape index (κ1) is 18.6. The number of carbonyl (C=O) groups excluding carboxylic acids is 1. The second-order valence-corrected chi connectivity index (χ2v) is 4.51. The van der Waals surface area contributed by atoms with Gasteiger partial charge < -0.3 is 31.1 Å². The second kappa shape index (κ2) is 8.04. The van der Waals surface area contributed by atoms with Crippen LogP contribution in [0.4, 0.5) is 4.79 Å². The summed E-state index contributed by atoms with van der Waals surface area (Å²) in [5.41, 5.74) is 2.25. The third-order valence-electron chi connectivity index (χ3n) is 2.70. The Labute approximate surface area is 119 Å². The minimum Gasteiger partial charge on any atom is -0.481 e. The van der Waals surface area contributed by atoms with Gasteiger partial charge in [-0.05, 0) is 12.8 Å². The zero-order chi connectivity index (χ0) is 16.6. The molecule has 1 aliphatic heterocycles. The minimum absolute atomic E-state index is 0.275. The maximum absolute atomic E-state index is 10.3. The lowest BCUT2D eigenvalue weighted by Gasteiger charge is -2.18. The number of rotatable bonds is 5. The van der Waals surface area contributed by atoms with Gasteiger partial charge in [-0.2, -0.15) is 0 Å². The normalized spacial score (nSPS) is 14.0. The summed E-state index contributed by atoms with van der Waals surface area (Å²) in [6.45, 7) is 1.71. The molecule has 6 N–H and O–H groups in total. The van der Waals surface area contributed by atoms with Gasteiger partial charge in [0.25, 0.3) is 0 Å². The lowest BCUT2D eigenvalue weighted by Crippen LogP contribution is -2.42. The third-order valence-corrected chi connectivity index (χ3v) is 2.70. The van der Waals surface area contributed by atoms with Gasteiger partial charge in [-0.15, -0.1) is 0 Å². The topological polar surface area (TPSA) is 178 Å². The SMILES string of the molecule is NC(=O)N1CCCC1.O=C(O)CC(O)(CC(=O)O)C(=O)O. The number of aliphatic carboxylic acids is 3. The van der Waals surface area contributed by atoms with Gasteiger partial charge in [0, 0.05) is 13.1 Å². The maximum Gasteiger partial charge on any atom is 0.336 e. The lowest BCUT2D eigenvalue weighted by molar-refractivity contribution is -0.170. The van der Waals surface area contributed by atoms with Crippen LogP contribution in [0, 0.1) is 0 Å². The number of urea groups is 1. The Morgan fingerprint density at radius 1 is 0.952 bits per heavy atom. The van der Waals surface area contributed by atoms with Crippen molar-refractivity contribution in [1.29, 1.82) is 0 Å². The molecular formula is C11H18N2O8. The molecule has 21 heavy (non-hydrogen) atoms. The van der Waals surface area contributed by atoms with Crippen molar-refractivity contribution >= 4 is 23.9 Å². The monoisotopic (exact) mass is 306 g/mol. The average Bonchev–Trinajstić information content (AvgIpc) is 2.80. The molecule has 1 fully saturated rings. The van der Waals surface area contributed by atoms with Crippen molar-refractivity contribution in [2.45, 2.75) is 31.3 Å². The van der Waals surface area contributed by atoms with E-state index >= 15 is 0 Å². The van der Waals surface area contributed by atoms with Crippen molar-refractivity contribution in [1.82, 2.24) is 4.90 Å². The van der Waals surface area contributed by atoms with Crippen LogP contribution in [-0.2, 0) is 14.4 Å². The van der Waals surface area contributed by atoms with Gasteiger partial charge in [0.15, 0.2) is 5.60 Å². The summed E-state index contributed by atoms with van der Waals surface area (Å²) in [7, 11) is 0. The number of likely N-dealkylation sites (tertiary alicyclic amines) is 1. The van der Waals surface area contributed by atoms with Crippen LogP contribution in [0.2, 0.25) is 0 Å². The van der Waals surface area contributed by atoms with E-state index in [9.17, 15) is 19.2 Å². The molecule has 2 amide bonds. The van der Waals surface area contributed by atoms with E-state index in [2.05, 4.69) is 0 Å². The molecule has 0 aliphatic carbocycles. The molecule has 10 nitrogen and oxygen atoms in total. The van der Waals surface area contributed by atoms with Crippen LogP contribution in [0.5, 0.6) is 0 Å². The molecule has 0 unspecified atom stereocenters. The summed E-state index contributed by atoms with van der Waals surface area (Å²) in [6.07, 6.45) is -0.0604. The first-order valence-corrected chi connectivity index (χ1v) is 6.02. The Bertz CT molecular complexity index is 400. The standard InChI is InChI=1S/C6H8O7.C5H10N2O/c7-3(8)1-6(13,5(11)12)2-4(9)10;6-5(8)7-3-1-2-4-7/h13H,1-2H2,(H,7,8)(H,9,10)(H,11,12);1-4H2,(H2,6,8). The van der Waals surface area contributed by atoms with E-state index in [4.69, 9.17) is 26.2 Å². The quantitative estimate of drug-likeness (QED) is 0.425. The Hall–Kier alpha value is -2.36.